The van der Waals surface area contributed by atoms with Gasteiger partial charge >= 0.3 is 0 Å². The normalized spacial score (nSPS) is 10.7. The van der Waals surface area contributed by atoms with E-state index in [0.29, 0.717) is 0 Å². The van der Waals surface area contributed by atoms with Crippen molar-refractivity contribution in [2.75, 3.05) is 5.73 Å². The zero-order valence-electron chi connectivity index (χ0n) is 9.00. The fourth-order valence-electron chi connectivity index (χ4n) is 1.15. The SMILES string of the molecule is Nc1nonc1C(=O)N/N=C/c1ccccc1Br. The molecule has 1 heterocycles. The Morgan fingerprint density at radius 3 is 2.89 bits per heavy atom. The summed E-state index contributed by atoms with van der Waals surface area (Å²) in [5.74, 6) is -0.666. The Morgan fingerprint density at radius 1 is 1.44 bits per heavy atom. The molecule has 3 N–H and O–H groups in total. The number of hydrazone groups is 1. The molecular formula is C10H8BrN5O2. The summed E-state index contributed by atoms with van der Waals surface area (Å²) in [5.41, 5.74) is 8.35. The molecule has 0 saturated heterocycles. The molecule has 0 radical (unpaired) electrons. The van der Waals surface area contributed by atoms with Crippen LogP contribution in [0.5, 0.6) is 0 Å². The molecule has 0 fully saturated rings. The summed E-state index contributed by atoms with van der Waals surface area (Å²) in [7, 11) is 0. The maximum atomic E-state index is 11.5. The van der Waals surface area contributed by atoms with Crippen LogP contribution in [0.1, 0.15) is 16.1 Å². The summed E-state index contributed by atoms with van der Waals surface area (Å²) in [6, 6.07) is 7.43. The highest BCUT2D eigenvalue weighted by Crippen LogP contribution is 2.13. The number of hydrogen-bond donors (Lipinski definition) is 2. The first-order valence-electron chi connectivity index (χ1n) is 4.84. The van der Waals surface area contributed by atoms with E-state index in [9.17, 15) is 4.79 Å². The summed E-state index contributed by atoms with van der Waals surface area (Å²) >= 11 is 3.35. The molecular weight excluding hydrogens is 302 g/mol. The van der Waals surface area contributed by atoms with Crippen molar-refractivity contribution in [1.82, 2.24) is 15.7 Å². The molecule has 92 valence electrons. The van der Waals surface area contributed by atoms with Crippen LogP contribution < -0.4 is 11.2 Å². The zero-order chi connectivity index (χ0) is 13.0. The first-order valence-corrected chi connectivity index (χ1v) is 5.63. The summed E-state index contributed by atoms with van der Waals surface area (Å²) in [5, 5.41) is 10.4. The Kier molecular flexibility index (Phi) is 3.68. The number of carbonyl (C=O) groups excluding carboxylic acids is 1. The van der Waals surface area contributed by atoms with Gasteiger partial charge in [-0.25, -0.2) is 10.1 Å². The largest absolute Gasteiger partial charge is 0.379 e. The Bertz CT molecular complexity index is 595. The molecule has 0 spiro atoms. The second kappa shape index (κ2) is 5.41. The minimum absolute atomic E-state index is 0.0800. The van der Waals surface area contributed by atoms with Crippen LogP contribution in [-0.2, 0) is 0 Å². The zero-order valence-corrected chi connectivity index (χ0v) is 10.6. The number of nitrogens with zero attached hydrogens (tertiary/aromatic N) is 3. The molecule has 2 aromatic rings. The third-order valence-corrected chi connectivity index (χ3v) is 2.73. The van der Waals surface area contributed by atoms with E-state index in [1.54, 1.807) is 0 Å². The van der Waals surface area contributed by atoms with Gasteiger partial charge in [0, 0.05) is 10.0 Å². The van der Waals surface area contributed by atoms with E-state index in [0.717, 1.165) is 10.0 Å². The van der Waals surface area contributed by atoms with Crippen LogP contribution >= 0.6 is 15.9 Å². The maximum Gasteiger partial charge on any atom is 0.297 e. The number of hydrogen-bond acceptors (Lipinski definition) is 6. The first-order chi connectivity index (χ1) is 8.68. The van der Waals surface area contributed by atoms with Crippen LogP contribution in [0, 0.1) is 0 Å². The smallest absolute Gasteiger partial charge is 0.297 e. The van der Waals surface area contributed by atoms with Crippen molar-refractivity contribution in [2.24, 2.45) is 5.10 Å². The number of halogens is 1. The lowest BCUT2D eigenvalue weighted by atomic mass is 10.2. The van der Waals surface area contributed by atoms with Crippen molar-refractivity contribution in [3.63, 3.8) is 0 Å². The van der Waals surface area contributed by atoms with Gasteiger partial charge in [0.1, 0.15) is 0 Å². The lowest BCUT2D eigenvalue weighted by molar-refractivity contribution is 0.0946. The molecule has 0 aliphatic carbocycles. The minimum Gasteiger partial charge on any atom is -0.379 e. The summed E-state index contributed by atoms with van der Waals surface area (Å²) in [6.45, 7) is 0. The standard InChI is InChI=1S/C10H8BrN5O2/c11-7-4-2-1-3-6(7)5-13-14-10(17)8-9(12)16-18-15-8/h1-5H,(H2,12,16)(H,14,17)/b13-5+. The van der Waals surface area contributed by atoms with Crippen molar-refractivity contribution in [3.8, 4) is 0 Å². The van der Waals surface area contributed by atoms with Crippen molar-refractivity contribution in [2.45, 2.75) is 0 Å². The molecule has 0 atom stereocenters. The highest BCUT2D eigenvalue weighted by Gasteiger charge is 2.14. The lowest BCUT2D eigenvalue weighted by Crippen LogP contribution is -2.19. The number of aromatic nitrogens is 2. The Hall–Kier alpha value is -2.22. The number of amides is 1. The van der Waals surface area contributed by atoms with Gasteiger partial charge in [-0.15, -0.1) is 0 Å². The van der Waals surface area contributed by atoms with Gasteiger partial charge in [-0.2, -0.15) is 5.10 Å². The molecule has 1 aromatic carbocycles. The fraction of sp³-hybridized carbons (Fsp3) is 0. The topological polar surface area (TPSA) is 106 Å². The van der Waals surface area contributed by atoms with E-state index in [-0.39, 0.29) is 11.5 Å². The van der Waals surface area contributed by atoms with Crippen LogP contribution in [-0.4, -0.2) is 22.4 Å². The quantitative estimate of drug-likeness (QED) is 0.654. The Labute approximate surface area is 110 Å². The van der Waals surface area contributed by atoms with Crippen molar-refractivity contribution in [1.29, 1.82) is 0 Å². The number of benzene rings is 1. The van der Waals surface area contributed by atoms with Gasteiger partial charge in [-0.05, 0) is 16.4 Å². The Balaban J connectivity index is 2.03. The number of rotatable bonds is 3. The van der Waals surface area contributed by atoms with E-state index < -0.39 is 5.91 Å². The third kappa shape index (κ3) is 2.72. The van der Waals surface area contributed by atoms with Gasteiger partial charge in [0.2, 0.25) is 11.5 Å². The molecule has 0 bridgehead atoms. The van der Waals surface area contributed by atoms with Gasteiger partial charge in [0.05, 0.1) is 6.21 Å². The van der Waals surface area contributed by atoms with Crippen molar-refractivity contribution < 1.29 is 9.42 Å². The summed E-state index contributed by atoms with van der Waals surface area (Å²) in [4.78, 5) is 11.5. The Morgan fingerprint density at radius 2 is 2.22 bits per heavy atom. The lowest BCUT2D eigenvalue weighted by Gasteiger charge is -1.97. The molecule has 0 unspecified atom stereocenters. The molecule has 0 aliphatic heterocycles. The summed E-state index contributed by atoms with van der Waals surface area (Å²) < 4.78 is 5.17. The molecule has 1 aromatic heterocycles. The van der Waals surface area contributed by atoms with E-state index in [2.05, 4.69) is 41.4 Å². The number of nitrogens with two attached hydrogens (primary N) is 1. The summed E-state index contributed by atoms with van der Waals surface area (Å²) in [6.07, 6.45) is 1.49. The molecule has 1 amide bonds. The van der Waals surface area contributed by atoms with Crippen LogP contribution in [0.3, 0.4) is 0 Å². The average Bonchev–Trinajstić information content (AvgIpc) is 2.78. The van der Waals surface area contributed by atoms with Gasteiger partial charge in [-0.3, -0.25) is 4.79 Å². The van der Waals surface area contributed by atoms with E-state index in [1.165, 1.54) is 6.21 Å². The molecule has 0 aliphatic rings. The predicted molar refractivity (Wildman–Crippen MR) is 67.9 cm³/mol. The average molecular weight is 310 g/mol. The van der Waals surface area contributed by atoms with Gasteiger partial charge in [0.25, 0.3) is 5.91 Å². The van der Waals surface area contributed by atoms with Gasteiger partial charge in [-0.1, -0.05) is 34.1 Å². The van der Waals surface area contributed by atoms with Crippen LogP contribution in [0.4, 0.5) is 5.82 Å². The van der Waals surface area contributed by atoms with E-state index >= 15 is 0 Å². The predicted octanol–water partition coefficient (Wildman–Crippen LogP) is 1.18. The third-order valence-electron chi connectivity index (χ3n) is 2.00. The van der Waals surface area contributed by atoms with Crippen molar-refractivity contribution >= 4 is 33.9 Å². The second-order valence-corrected chi connectivity index (χ2v) is 4.07. The molecule has 8 heteroatoms. The van der Waals surface area contributed by atoms with Gasteiger partial charge < -0.3 is 5.73 Å². The van der Waals surface area contributed by atoms with Crippen LogP contribution in [0.2, 0.25) is 0 Å². The number of anilines is 1. The highest BCUT2D eigenvalue weighted by atomic mass is 79.9. The molecule has 2 rings (SSSR count). The van der Waals surface area contributed by atoms with E-state index in [4.69, 9.17) is 5.73 Å². The van der Waals surface area contributed by atoms with E-state index in [1.807, 2.05) is 24.3 Å². The number of nitrogen functional groups attached to an aromatic ring is 1. The fourth-order valence-corrected chi connectivity index (χ4v) is 1.53. The minimum atomic E-state index is -0.586. The highest BCUT2D eigenvalue weighted by molar-refractivity contribution is 9.10. The molecule has 0 saturated carbocycles. The van der Waals surface area contributed by atoms with Crippen LogP contribution in [0.25, 0.3) is 0 Å². The molecule has 7 nitrogen and oxygen atoms in total. The number of nitrogens with one attached hydrogen (secondary N) is 1. The first kappa shape index (κ1) is 12.2. The number of carbonyl (C=O) groups is 1. The maximum absolute atomic E-state index is 11.5. The van der Waals surface area contributed by atoms with Crippen LogP contribution in [0.15, 0.2) is 38.5 Å². The monoisotopic (exact) mass is 309 g/mol. The molecule has 18 heavy (non-hydrogen) atoms. The second-order valence-electron chi connectivity index (χ2n) is 3.22. The van der Waals surface area contributed by atoms with Crippen molar-refractivity contribution in [3.05, 3.63) is 40.0 Å². The van der Waals surface area contributed by atoms with Gasteiger partial charge in [0.15, 0.2) is 0 Å².